The molecule has 3 heteroatoms. The lowest BCUT2D eigenvalue weighted by Gasteiger charge is -2.21. The molecule has 0 spiro atoms. The summed E-state index contributed by atoms with van der Waals surface area (Å²) in [4.78, 5) is 2.27. The summed E-state index contributed by atoms with van der Waals surface area (Å²) in [5, 5.41) is 13.5. The third-order valence-corrected chi connectivity index (χ3v) is 3.98. The molecule has 0 radical (unpaired) electrons. The van der Waals surface area contributed by atoms with Crippen LogP contribution in [-0.2, 0) is 0 Å². The van der Waals surface area contributed by atoms with Gasteiger partial charge in [-0.25, -0.2) is 0 Å². The third-order valence-electron chi connectivity index (χ3n) is 3.98. The second-order valence-electron chi connectivity index (χ2n) is 5.58. The molecule has 0 saturated heterocycles. The van der Waals surface area contributed by atoms with Crippen molar-refractivity contribution in [2.24, 2.45) is 0 Å². The lowest BCUT2D eigenvalue weighted by Crippen LogP contribution is -2.26. The Morgan fingerprint density at radius 2 is 1.73 bits per heavy atom. The van der Waals surface area contributed by atoms with E-state index in [1.807, 2.05) is 24.3 Å². The SMILES string of the molecule is CCC(NCCCN(C)c1ccccc1)c1ccccc1O. The van der Waals surface area contributed by atoms with E-state index in [0.29, 0.717) is 5.75 Å². The predicted molar refractivity (Wildman–Crippen MR) is 93.5 cm³/mol. The van der Waals surface area contributed by atoms with Gasteiger partial charge < -0.3 is 15.3 Å². The molecule has 0 aliphatic heterocycles. The van der Waals surface area contributed by atoms with Gasteiger partial charge in [0.25, 0.3) is 0 Å². The topological polar surface area (TPSA) is 35.5 Å². The van der Waals surface area contributed by atoms with Crippen LogP contribution in [0, 0.1) is 0 Å². The zero-order chi connectivity index (χ0) is 15.8. The summed E-state index contributed by atoms with van der Waals surface area (Å²) in [5.74, 6) is 0.378. The van der Waals surface area contributed by atoms with Gasteiger partial charge in [0, 0.05) is 30.9 Å². The first-order valence-corrected chi connectivity index (χ1v) is 7.99. The second-order valence-corrected chi connectivity index (χ2v) is 5.58. The van der Waals surface area contributed by atoms with Crippen LogP contribution in [0.3, 0.4) is 0 Å². The molecule has 0 amide bonds. The maximum absolute atomic E-state index is 9.96. The van der Waals surface area contributed by atoms with Gasteiger partial charge >= 0.3 is 0 Å². The highest BCUT2D eigenvalue weighted by Crippen LogP contribution is 2.25. The van der Waals surface area contributed by atoms with Gasteiger partial charge in [0.15, 0.2) is 0 Å². The molecule has 0 heterocycles. The van der Waals surface area contributed by atoms with Crippen molar-refractivity contribution in [2.45, 2.75) is 25.8 Å². The quantitative estimate of drug-likeness (QED) is 0.724. The van der Waals surface area contributed by atoms with E-state index in [9.17, 15) is 5.11 Å². The van der Waals surface area contributed by atoms with E-state index in [-0.39, 0.29) is 6.04 Å². The van der Waals surface area contributed by atoms with Crippen LogP contribution in [0.25, 0.3) is 0 Å². The average molecular weight is 298 g/mol. The molecule has 1 unspecified atom stereocenters. The minimum Gasteiger partial charge on any atom is -0.508 e. The third kappa shape index (κ3) is 4.50. The molecule has 0 aliphatic carbocycles. The number of nitrogens with zero attached hydrogens (tertiary/aromatic N) is 1. The number of nitrogens with one attached hydrogen (secondary N) is 1. The molecular formula is C19H26N2O. The summed E-state index contributed by atoms with van der Waals surface area (Å²) in [7, 11) is 2.12. The Labute approximate surface area is 133 Å². The molecule has 2 aromatic carbocycles. The number of para-hydroxylation sites is 2. The van der Waals surface area contributed by atoms with Crippen LogP contribution in [0.1, 0.15) is 31.4 Å². The van der Waals surface area contributed by atoms with Crippen molar-refractivity contribution in [3.8, 4) is 5.75 Å². The molecule has 0 aliphatic rings. The summed E-state index contributed by atoms with van der Waals surface area (Å²) in [6.07, 6.45) is 2.03. The number of hydrogen-bond donors (Lipinski definition) is 2. The highest BCUT2D eigenvalue weighted by Gasteiger charge is 2.12. The summed E-state index contributed by atoms with van der Waals surface area (Å²) in [5.41, 5.74) is 2.23. The Balaban J connectivity index is 1.79. The smallest absolute Gasteiger partial charge is 0.120 e. The van der Waals surface area contributed by atoms with Gasteiger partial charge in [0.2, 0.25) is 0 Å². The molecule has 0 aromatic heterocycles. The molecule has 0 bridgehead atoms. The maximum Gasteiger partial charge on any atom is 0.120 e. The molecule has 3 nitrogen and oxygen atoms in total. The summed E-state index contributed by atoms with van der Waals surface area (Å²) in [6, 6.07) is 18.2. The zero-order valence-corrected chi connectivity index (χ0v) is 13.5. The molecule has 22 heavy (non-hydrogen) atoms. The number of benzene rings is 2. The van der Waals surface area contributed by atoms with Crippen LogP contribution in [0.5, 0.6) is 5.75 Å². The van der Waals surface area contributed by atoms with E-state index < -0.39 is 0 Å². The first-order valence-electron chi connectivity index (χ1n) is 7.99. The normalized spacial score (nSPS) is 12.1. The van der Waals surface area contributed by atoms with Gasteiger partial charge in [-0.2, -0.15) is 0 Å². The fraction of sp³-hybridized carbons (Fsp3) is 0.368. The number of aromatic hydroxyl groups is 1. The van der Waals surface area contributed by atoms with Crippen molar-refractivity contribution >= 4 is 5.69 Å². The van der Waals surface area contributed by atoms with Crippen molar-refractivity contribution in [3.63, 3.8) is 0 Å². The highest BCUT2D eigenvalue weighted by molar-refractivity contribution is 5.44. The van der Waals surface area contributed by atoms with Crippen molar-refractivity contribution in [1.82, 2.24) is 5.32 Å². The van der Waals surface area contributed by atoms with E-state index in [1.165, 1.54) is 5.69 Å². The first kappa shape index (κ1) is 16.4. The largest absolute Gasteiger partial charge is 0.508 e. The fourth-order valence-corrected chi connectivity index (χ4v) is 2.66. The fourth-order valence-electron chi connectivity index (χ4n) is 2.66. The zero-order valence-electron chi connectivity index (χ0n) is 13.5. The summed E-state index contributed by atoms with van der Waals surface area (Å²) >= 11 is 0. The number of anilines is 1. The number of phenolic OH excluding ortho intramolecular Hbond substituents is 1. The van der Waals surface area contributed by atoms with E-state index in [1.54, 1.807) is 6.07 Å². The molecule has 1 atom stereocenters. The van der Waals surface area contributed by atoms with E-state index in [0.717, 1.165) is 31.5 Å². The van der Waals surface area contributed by atoms with Crippen LogP contribution in [0.2, 0.25) is 0 Å². The standard InChI is InChI=1S/C19H26N2O/c1-3-18(17-12-7-8-13-19(17)22)20-14-9-15-21(2)16-10-5-4-6-11-16/h4-8,10-13,18,20,22H,3,9,14-15H2,1-2H3. The van der Waals surface area contributed by atoms with Gasteiger partial charge in [-0.3, -0.25) is 0 Å². The Hall–Kier alpha value is -2.00. The van der Waals surface area contributed by atoms with Gasteiger partial charge in [-0.15, -0.1) is 0 Å². The molecule has 2 rings (SSSR count). The summed E-state index contributed by atoms with van der Waals surface area (Å²) in [6.45, 7) is 4.08. The van der Waals surface area contributed by atoms with E-state index >= 15 is 0 Å². The Bertz CT molecular complexity index is 556. The maximum atomic E-state index is 9.96. The molecule has 118 valence electrons. The molecule has 0 saturated carbocycles. The van der Waals surface area contributed by atoms with Gasteiger partial charge in [-0.05, 0) is 37.6 Å². The number of phenols is 1. The van der Waals surface area contributed by atoms with Gasteiger partial charge in [-0.1, -0.05) is 43.3 Å². The van der Waals surface area contributed by atoms with Crippen molar-refractivity contribution in [3.05, 3.63) is 60.2 Å². The van der Waals surface area contributed by atoms with Crippen LogP contribution in [0.4, 0.5) is 5.69 Å². The van der Waals surface area contributed by atoms with Crippen molar-refractivity contribution in [2.75, 3.05) is 25.0 Å². The first-order chi connectivity index (χ1) is 10.7. The van der Waals surface area contributed by atoms with Gasteiger partial charge in [0.05, 0.1) is 0 Å². The van der Waals surface area contributed by atoms with Crippen LogP contribution in [0.15, 0.2) is 54.6 Å². The van der Waals surface area contributed by atoms with E-state index in [4.69, 9.17) is 0 Å². The Morgan fingerprint density at radius 3 is 2.41 bits per heavy atom. The van der Waals surface area contributed by atoms with Crippen LogP contribution in [-0.4, -0.2) is 25.2 Å². The number of rotatable bonds is 8. The van der Waals surface area contributed by atoms with Crippen molar-refractivity contribution < 1.29 is 5.11 Å². The minimum atomic E-state index is 0.211. The summed E-state index contributed by atoms with van der Waals surface area (Å²) < 4.78 is 0. The minimum absolute atomic E-state index is 0.211. The average Bonchev–Trinajstić information content (AvgIpc) is 2.56. The molecular weight excluding hydrogens is 272 g/mol. The van der Waals surface area contributed by atoms with Gasteiger partial charge in [0.1, 0.15) is 5.75 Å². The highest BCUT2D eigenvalue weighted by atomic mass is 16.3. The molecule has 0 fully saturated rings. The lowest BCUT2D eigenvalue weighted by atomic mass is 10.0. The van der Waals surface area contributed by atoms with Crippen LogP contribution >= 0.6 is 0 Å². The predicted octanol–water partition coefficient (Wildman–Crippen LogP) is 3.96. The van der Waals surface area contributed by atoms with E-state index in [2.05, 4.69) is 48.5 Å². The monoisotopic (exact) mass is 298 g/mol. The van der Waals surface area contributed by atoms with Crippen LogP contribution < -0.4 is 10.2 Å². The lowest BCUT2D eigenvalue weighted by molar-refractivity contribution is 0.440. The Morgan fingerprint density at radius 1 is 1.05 bits per heavy atom. The van der Waals surface area contributed by atoms with Crippen molar-refractivity contribution in [1.29, 1.82) is 0 Å². The number of hydrogen-bond acceptors (Lipinski definition) is 3. The molecule has 2 aromatic rings. The second kappa shape index (κ2) is 8.44. The Kier molecular flexibility index (Phi) is 6.28. The molecule has 2 N–H and O–H groups in total.